The van der Waals surface area contributed by atoms with Crippen molar-refractivity contribution in [2.75, 3.05) is 11.9 Å². The number of ether oxygens (including phenoxy) is 1. The lowest BCUT2D eigenvalue weighted by Crippen LogP contribution is -2.15. The SMILES string of the molecule is O=C(CC[C@@H]1CCCO1)Nc1ccc(F)c(Cl)c1. The normalized spacial score (nSPS) is 18.9. The Morgan fingerprint density at radius 1 is 1.56 bits per heavy atom. The van der Waals surface area contributed by atoms with E-state index in [1.165, 1.54) is 18.2 Å². The summed E-state index contributed by atoms with van der Waals surface area (Å²) in [6.07, 6.45) is 3.42. The molecule has 0 bridgehead atoms. The van der Waals surface area contributed by atoms with Gasteiger partial charge in [-0.2, -0.15) is 0 Å². The molecule has 1 saturated heterocycles. The molecule has 0 saturated carbocycles. The molecule has 1 aromatic rings. The van der Waals surface area contributed by atoms with Crippen molar-refractivity contribution in [3.05, 3.63) is 29.0 Å². The van der Waals surface area contributed by atoms with Gasteiger partial charge in [0.25, 0.3) is 0 Å². The number of hydrogen-bond acceptors (Lipinski definition) is 2. The van der Waals surface area contributed by atoms with Gasteiger partial charge in [-0.3, -0.25) is 4.79 Å². The second-order valence-corrected chi connectivity index (χ2v) is 4.76. The highest BCUT2D eigenvalue weighted by molar-refractivity contribution is 6.31. The third kappa shape index (κ3) is 3.68. The number of benzene rings is 1. The molecular weight excluding hydrogens is 257 g/mol. The van der Waals surface area contributed by atoms with Crippen molar-refractivity contribution in [2.24, 2.45) is 0 Å². The van der Waals surface area contributed by atoms with Crippen LogP contribution in [0.3, 0.4) is 0 Å². The molecule has 0 unspecified atom stereocenters. The number of nitrogens with one attached hydrogen (secondary N) is 1. The van der Waals surface area contributed by atoms with Gasteiger partial charge in [0.1, 0.15) is 5.82 Å². The Balaban J connectivity index is 1.80. The predicted molar refractivity (Wildman–Crippen MR) is 68.2 cm³/mol. The maximum Gasteiger partial charge on any atom is 0.224 e. The molecule has 98 valence electrons. The quantitative estimate of drug-likeness (QED) is 0.912. The van der Waals surface area contributed by atoms with Crippen LogP contribution in [0.1, 0.15) is 25.7 Å². The van der Waals surface area contributed by atoms with Crippen LogP contribution in [0.4, 0.5) is 10.1 Å². The number of carbonyl (C=O) groups is 1. The maximum absolute atomic E-state index is 12.9. The summed E-state index contributed by atoms with van der Waals surface area (Å²) in [4.78, 5) is 11.7. The zero-order chi connectivity index (χ0) is 13.0. The third-order valence-electron chi connectivity index (χ3n) is 2.92. The van der Waals surface area contributed by atoms with Crippen molar-refractivity contribution in [1.82, 2.24) is 0 Å². The highest BCUT2D eigenvalue weighted by Gasteiger charge is 2.16. The Morgan fingerprint density at radius 3 is 3.06 bits per heavy atom. The minimum absolute atomic E-state index is 0.00641. The van der Waals surface area contributed by atoms with Crippen molar-refractivity contribution in [3.8, 4) is 0 Å². The second kappa shape index (κ2) is 6.16. The molecule has 1 heterocycles. The van der Waals surface area contributed by atoms with Crippen LogP contribution < -0.4 is 5.32 Å². The maximum atomic E-state index is 12.9. The van der Waals surface area contributed by atoms with Crippen molar-refractivity contribution >= 4 is 23.2 Å². The van der Waals surface area contributed by atoms with Crippen LogP contribution in [0.2, 0.25) is 5.02 Å². The summed E-state index contributed by atoms with van der Waals surface area (Å²) in [6, 6.07) is 4.13. The molecule has 2 rings (SSSR count). The van der Waals surface area contributed by atoms with Crippen LogP contribution in [-0.2, 0) is 9.53 Å². The van der Waals surface area contributed by atoms with Crippen LogP contribution >= 0.6 is 11.6 Å². The first kappa shape index (κ1) is 13.3. The zero-order valence-electron chi connectivity index (χ0n) is 9.92. The van der Waals surface area contributed by atoms with Crippen molar-refractivity contribution < 1.29 is 13.9 Å². The van der Waals surface area contributed by atoms with Gasteiger partial charge < -0.3 is 10.1 Å². The summed E-state index contributed by atoms with van der Waals surface area (Å²) in [7, 11) is 0. The predicted octanol–water partition coefficient (Wildman–Crippen LogP) is 3.38. The summed E-state index contributed by atoms with van der Waals surface area (Å²) in [5.74, 6) is -0.595. The van der Waals surface area contributed by atoms with E-state index in [0.717, 1.165) is 25.9 Å². The highest BCUT2D eigenvalue weighted by atomic mass is 35.5. The fourth-order valence-corrected chi connectivity index (χ4v) is 2.14. The fraction of sp³-hybridized carbons (Fsp3) is 0.462. The standard InChI is InChI=1S/C13H15ClFNO2/c14-11-8-9(3-5-12(11)15)16-13(17)6-4-10-2-1-7-18-10/h3,5,8,10H,1-2,4,6-7H2,(H,16,17)/t10-/m0/s1. The zero-order valence-corrected chi connectivity index (χ0v) is 10.7. The van der Waals surface area contributed by atoms with Crippen LogP contribution in [0.15, 0.2) is 18.2 Å². The van der Waals surface area contributed by atoms with Crippen molar-refractivity contribution in [3.63, 3.8) is 0 Å². The van der Waals surface area contributed by atoms with Crippen LogP contribution in [-0.4, -0.2) is 18.6 Å². The van der Waals surface area contributed by atoms with Crippen molar-refractivity contribution in [1.29, 1.82) is 0 Å². The van der Waals surface area contributed by atoms with Gasteiger partial charge >= 0.3 is 0 Å². The van der Waals surface area contributed by atoms with Gasteiger partial charge in [-0.25, -0.2) is 4.39 Å². The van der Waals surface area contributed by atoms with E-state index in [1.807, 2.05) is 0 Å². The average Bonchev–Trinajstić information content (AvgIpc) is 2.84. The lowest BCUT2D eigenvalue weighted by Gasteiger charge is -2.09. The van der Waals surface area contributed by atoms with Gasteiger partial charge in [0.2, 0.25) is 5.91 Å². The van der Waals surface area contributed by atoms with E-state index >= 15 is 0 Å². The van der Waals surface area contributed by atoms with E-state index in [2.05, 4.69) is 5.32 Å². The van der Waals surface area contributed by atoms with E-state index in [-0.39, 0.29) is 17.0 Å². The number of amides is 1. The molecule has 0 aliphatic carbocycles. The fourth-order valence-electron chi connectivity index (χ4n) is 1.96. The number of anilines is 1. The largest absolute Gasteiger partial charge is 0.378 e. The molecule has 5 heteroatoms. The molecule has 1 aromatic carbocycles. The Morgan fingerprint density at radius 2 is 2.39 bits per heavy atom. The topological polar surface area (TPSA) is 38.3 Å². The first-order valence-electron chi connectivity index (χ1n) is 6.01. The Hall–Kier alpha value is -1.13. The van der Waals surface area contributed by atoms with Crippen LogP contribution in [0.25, 0.3) is 0 Å². The highest BCUT2D eigenvalue weighted by Crippen LogP contribution is 2.20. The Labute approximate surface area is 110 Å². The number of carbonyl (C=O) groups excluding carboxylic acids is 1. The first-order valence-corrected chi connectivity index (χ1v) is 6.39. The Bertz CT molecular complexity index is 433. The molecular formula is C13H15ClFNO2. The van der Waals surface area contributed by atoms with E-state index in [0.29, 0.717) is 12.1 Å². The lowest BCUT2D eigenvalue weighted by molar-refractivity contribution is -0.116. The van der Waals surface area contributed by atoms with E-state index in [4.69, 9.17) is 16.3 Å². The lowest BCUT2D eigenvalue weighted by atomic mass is 10.1. The molecule has 1 N–H and O–H groups in total. The molecule has 1 aliphatic rings. The van der Waals surface area contributed by atoms with E-state index < -0.39 is 5.82 Å². The van der Waals surface area contributed by atoms with Crippen LogP contribution in [0, 0.1) is 5.82 Å². The molecule has 0 aromatic heterocycles. The summed E-state index contributed by atoms with van der Waals surface area (Å²) < 4.78 is 18.4. The van der Waals surface area contributed by atoms with Crippen molar-refractivity contribution in [2.45, 2.75) is 31.8 Å². The van der Waals surface area contributed by atoms with Gasteiger partial charge in [-0.05, 0) is 37.5 Å². The van der Waals surface area contributed by atoms with Crippen LogP contribution in [0.5, 0.6) is 0 Å². The molecule has 18 heavy (non-hydrogen) atoms. The van der Waals surface area contributed by atoms with E-state index in [1.54, 1.807) is 0 Å². The van der Waals surface area contributed by atoms with Gasteiger partial charge in [-0.1, -0.05) is 11.6 Å². The number of hydrogen-bond donors (Lipinski definition) is 1. The summed E-state index contributed by atoms with van der Waals surface area (Å²) in [6.45, 7) is 0.792. The van der Waals surface area contributed by atoms with Gasteiger partial charge in [0.05, 0.1) is 11.1 Å². The molecule has 1 atom stereocenters. The average molecular weight is 272 g/mol. The van der Waals surface area contributed by atoms with Gasteiger partial charge in [0.15, 0.2) is 0 Å². The molecule has 1 amide bonds. The molecule has 1 aliphatic heterocycles. The van der Waals surface area contributed by atoms with E-state index in [9.17, 15) is 9.18 Å². The monoisotopic (exact) mass is 271 g/mol. The molecule has 0 radical (unpaired) electrons. The minimum atomic E-state index is -0.492. The minimum Gasteiger partial charge on any atom is -0.378 e. The van der Waals surface area contributed by atoms with Gasteiger partial charge in [0, 0.05) is 18.7 Å². The smallest absolute Gasteiger partial charge is 0.224 e. The van der Waals surface area contributed by atoms with Gasteiger partial charge in [-0.15, -0.1) is 0 Å². The summed E-state index contributed by atoms with van der Waals surface area (Å²) >= 11 is 5.63. The molecule has 3 nitrogen and oxygen atoms in total. The molecule has 1 fully saturated rings. The summed E-state index contributed by atoms with van der Waals surface area (Å²) in [5.41, 5.74) is 0.513. The number of rotatable bonds is 4. The third-order valence-corrected chi connectivity index (χ3v) is 3.21. The summed E-state index contributed by atoms with van der Waals surface area (Å²) in [5, 5.41) is 2.69. The number of halogens is 2. The molecule has 0 spiro atoms. The first-order chi connectivity index (χ1) is 8.65. The second-order valence-electron chi connectivity index (χ2n) is 4.35. The Kier molecular flexibility index (Phi) is 4.55.